The highest BCUT2D eigenvalue weighted by molar-refractivity contribution is 6.09. The molecule has 0 bridgehead atoms. The monoisotopic (exact) mass is 306 g/mol. The van der Waals surface area contributed by atoms with E-state index in [0.29, 0.717) is 29.9 Å². The first kappa shape index (κ1) is 15.1. The molecule has 3 heteroatoms. The normalized spacial score (nSPS) is 10.7. The van der Waals surface area contributed by atoms with Crippen molar-refractivity contribution in [3.8, 4) is 11.3 Å². The Morgan fingerprint density at radius 2 is 1.96 bits per heavy atom. The Kier molecular flexibility index (Phi) is 4.29. The molecule has 0 amide bonds. The van der Waals surface area contributed by atoms with Gasteiger partial charge in [-0.05, 0) is 18.9 Å². The van der Waals surface area contributed by atoms with Gasteiger partial charge in [-0.25, -0.2) is 4.79 Å². The highest BCUT2D eigenvalue weighted by Crippen LogP contribution is 2.36. The van der Waals surface area contributed by atoms with Gasteiger partial charge in [0.15, 0.2) is 0 Å². The van der Waals surface area contributed by atoms with Gasteiger partial charge in [-0.2, -0.15) is 0 Å². The van der Waals surface area contributed by atoms with Gasteiger partial charge in [0.25, 0.3) is 0 Å². The summed E-state index contributed by atoms with van der Waals surface area (Å²) in [6.07, 6.45) is 2.50. The Morgan fingerprint density at radius 1 is 1.17 bits per heavy atom. The minimum atomic E-state index is -0.360. The average Bonchev–Trinajstić information content (AvgIpc) is 2.97. The molecule has 0 radical (unpaired) electrons. The van der Waals surface area contributed by atoms with Gasteiger partial charge >= 0.3 is 5.97 Å². The lowest BCUT2D eigenvalue weighted by Crippen LogP contribution is -2.05. The van der Waals surface area contributed by atoms with E-state index in [2.05, 4.69) is 6.58 Å². The lowest BCUT2D eigenvalue weighted by molar-refractivity contribution is 0.0529. The first-order valence-electron chi connectivity index (χ1n) is 7.64. The molecule has 0 spiro atoms. The van der Waals surface area contributed by atoms with E-state index in [1.165, 1.54) is 0 Å². The van der Waals surface area contributed by atoms with E-state index < -0.39 is 0 Å². The van der Waals surface area contributed by atoms with Crippen LogP contribution in [0.15, 0.2) is 65.6 Å². The van der Waals surface area contributed by atoms with Crippen LogP contribution in [0.25, 0.3) is 22.3 Å². The van der Waals surface area contributed by atoms with Crippen LogP contribution in [0, 0.1) is 0 Å². The van der Waals surface area contributed by atoms with Crippen LogP contribution < -0.4 is 0 Å². The number of carbonyl (C=O) groups excluding carboxylic acids is 1. The maximum absolute atomic E-state index is 12.5. The van der Waals surface area contributed by atoms with E-state index in [4.69, 9.17) is 9.15 Å². The van der Waals surface area contributed by atoms with Crippen molar-refractivity contribution in [2.45, 2.75) is 13.3 Å². The number of furan rings is 1. The molecule has 0 atom stereocenters. The fourth-order valence-electron chi connectivity index (χ4n) is 2.69. The van der Waals surface area contributed by atoms with Crippen LogP contribution in [-0.2, 0) is 11.2 Å². The maximum Gasteiger partial charge on any atom is 0.342 e. The van der Waals surface area contributed by atoms with Crippen LogP contribution in [0.2, 0.25) is 0 Å². The Labute approximate surface area is 135 Å². The highest BCUT2D eigenvalue weighted by atomic mass is 16.5. The summed E-state index contributed by atoms with van der Waals surface area (Å²) in [6, 6.07) is 15.4. The number of carbonyl (C=O) groups is 1. The van der Waals surface area contributed by atoms with Gasteiger partial charge in [0.2, 0.25) is 0 Å². The topological polar surface area (TPSA) is 39.4 Å². The van der Waals surface area contributed by atoms with Crippen LogP contribution in [-0.4, -0.2) is 12.6 Å². The Balaban J connectivity index is 2.29. The van der Waals surface area contributed by atoms with E-state index >= 15 is 0 Å². The predicted molar refractivity (Wildman–Crippen MR) is 91.5 cm³/mol. The SMILES string of the molecule is C=CCc1cccc2c(C(=O)OCC)c(-c3ccccc3)oc12. The minimum Gasteiger partial charge on any atom is -0.462 e. The summed E-state index contributed by atoms with van der Waals surface area (Å²) in [7, 11) is 0. The minimum absolute atomic E-state index is 0.325. The number of para-hydroxylation sites is 1. The Bertz CT molecular complexity index is 844. The summed E-state index contributed by atoms with van der Waals surface area (Å²) in [4.78, 5) is 12.5. The fourth-order valence-corrected chi connectivity index (χ4v) is 2.69. The molecule has 0 fully saturated rings. The highest BCUT2D eigenvalue weighted by Gasteiger charge is 2.24. The van der Waals surface area contributed by atoms with Crippen molar-refractivity contribution in [1.82, 2.24) is 0 Å². The van der Waals surface area contributed by atoms with Gasteiger partial charge < -0.3 is 9.15 Å². The van der Waals surface area contributed by atoms with Crippen molar-refractivity contribution in [1.29, 1.82) is 0 Å². The molecular formula is C20H18O3. The lowest BCUT2D eigenvalue weighted by Gasteiger charge is -2.03. The summed E-state index contributed by atoms with van der Waals surface area (Å²) in [6.45, 7) is 5.90. The summed E-state index contributed by atoms with van der Waals surface area (Å²) in [5.74, 6) is 0.191. The second kappa shape index (κ2) is 6.53. The number of allylic oxidation sites excluding steroid dienone is 1. The number of hydrogen-bond donors (Lipinski definition) is 0. The molecule has 3 rings (SSSR count). The number of esters is 1. The molecule has 0 saturated heterocycles. The first-order valence-corrected chi connectivity index (χ1v) is 7.64. The number of benzene rings is 2. The van der Waals surface area contributed by atoms with Crippen molar-refractivity contribution in [3.05, 3.63) is 72.3 Å². The van der Waals surface area contributed by atoms with Crippen molar-refractivity contribution < 1.29 is 13.9 Å². The van der Waals surface area contributed by atoms with Gasteiger partial charge in [0.05, 0.1) is 6.61 Å². The lowest BCUT2D eigenvalue weighted by atomic mass is 10.0. The summed E-state index contributed by atoms with van der Waals surface area (Å²) < 4.78 is 11.3. The van der Waals surface area contributed by atoms with Crippen molar-refractivity contribution in [3.63, 3.8) is 0 Å². The van der Waals surface area contributed by atoms with Crippen molar-refractivity contribution in [2.24, 2.45) is 0 Å². The zero-order chi connectivity index (χ0) is 16.2. The van der Waals surface area contributed by atoms with E-state index in [-0.39, 0.29) is 5.97 Å². The molecular weight excluding hydrogens is 288 g/mol. The molecule has 0 N–H and O–H groups in total. The molecule has 0 aliphatic carbocycles. The predicted octanol–water partition coefficient (Wildman–Crippen LogP) is 5.01. The van der Waals surface area contributed by atoms with E-state index in [0.717, 1.165) is 16.5 Å². The average molecular weight is 306 g/mol. The number of fused-ring (bicyclic) bond motifs is 1. The quantitative estimate of drug-likeness (QED) is 0.491. The number of ether oxygens (including phenoxy) is 1. The Morgan fingerprint density at radius 3 is 2.65 bits per heavy atom. The molecule has 1 aromatic heterocycles. The summed E-state index contributed by atoms with van der Waals surface area (Å²) in [5, 5.41) is 0.779. The number of rotatable bonds is 5. The van der Waals surface area contributed by atoms with Crippen LogP contribution in [0.1, 0.15) is 22.8 Å². The van der Waals surface area contributed by atoms with Crippen LogP contribution in [0.5, 0.6) is 0 Å². The summed E-state index contributed by atoms with van der Waals surface area (Å²) in [5.41, 5.74) is 3.06. The van der Waals surface area contributed by atoms with Gasteiger partial charge in [-0.3, -0.25) is 0 Å². The van der Waals surface area contributed by atoms with E-state index in [1.54, 1.807) is 6.92 Å². The largest absolute Gasteiger partial charge is 0.462 e. The van der Waals surface area contributed by atoms with E-state index in [1.807, 2.05) is 54.6 Å². The zero-order valence-electron chi connectivity index (χ0n) is 13.0. The molecule has 0 aliphatic heterocycles. The second-order valence-electron chi connectivity index (χ2n) is 5.18. The third-order valence-corrected chi connectivity index (χ3v) is 3.68. The van der Waals surface area contributed by atoms with Crippen LogP contribution >= 0.6 is 0 Å². The van der Waals surface area contributed by atoms with Crippen molar-refractivity contribution in [2.75, 3.05) is 6.61 Å². The zero-order valence-corrected chi connectivity index (χ0v) is 13.0. The van der Waals surface area contributed by atoms with E-state index in [9.17, 15) is 4.79 Å². The van der Waals surface area contributed by atoms with Crippen LogP contribution in [0.3, 0.4) is 0 Å². The molecule has 0 unspecified atom stereocenters. The Hall–Kier alpha value is -2.81. The second-order valence-corrected chi connectivity index (χ2v) is 5.18. The molecule has 0 aliphatic rings. The van der Waals surface area contributed by atoms with Gasteiger partial charge in [0.1, 0.15) is 16.9 Å². The molecule has 3 nitrogen and oxygen atoms in total. The van der Waals surface area contributed by atoms with Gasteiger partial charge in [-0.15, -0.1) is 6.58 Å². The molecule has 2 aromatic carbocycles. The molecule has 3 aromatic rings. The third kappa shape index (κ3) is 2.78. The first-order chi connectivity index (χ1) is 11.3. The standard InChI is InChI=1S/C20H18O3/c1-3-9-14-12-8-13-16-17(20(21)22-4-2)19(23-18(14)16)15-10-6-5-7-11-15/h3,5-8,10-13H,1,4,9H2,2H3. The van der Waals surface area contributed by atoms with Gasteiger partial charge in [-0.1, -0.05) is 54.6 Å². The van der Waals surface area contributed by atoms with Gasteiger partial charge in [0, 0.05) is 10.9 Å². The molecule has 0 saturated carbocycles. The molecule has 1 heterocycles. The summed E-state index contributed by atoms with van der Waals surface area (Å²) >= 11 is 0. The number of hydrogen-bond acceptors (Lipinski definition) is 3. The fraction of sp³-hybridized carbons (Fsp3) is 0.150. The molecule has 23 heavy (non-hydrogen) atoms. The van der Waals surface area contributed by atoms with Crippen LogP contribution in [0.4, 0.5) is 0 Å². The smallest absolute Gasteiger partial charge is 0.342 e. The maximum atomic E-state index is 12.5. The third-order valence-electron chi connectivity index (χ3n) is 3.68. The van der Waals surface area contributed by atoms with Crippen molar-refractivity contribution >= 4 is 16.9 Å². The molecule has 116 valence electrons.